The van der Waals surface area contributed by atoms with Gasteiger partial charge in [-0.15, -0.1) is 0 Å². The van der Waals surface area contributed by atoms with Crippen molar-refractivity contribution in [1.29, 1.82) is 0 Å². The topological polar surface area (TPSA) is 55.3 Å². The Hall–Kier alpha value is 0.230. The van der Waals surface area contributed by atoms with E-state index in [0.29, 0.717) is 6.61 Å². The summed E-state index contributed by atoms with van der Waals surface area (Å²) in [6.07, 6.45) is 71.3. The van der Waals surface area contributed by atoms with E-state index in [-0.39, 0.29) is 0 Å². The highest BCUT2D eigenvalue weighted by Crippen LogP contribution is 2.23. The van der Waals surface area contributed by atoms with Crippen LogP contribution >= 0.6 is 8.60 Å². The molecule has 0 aliphatic carbocycles. The molecule has 74 heavy (non-hydrogen) atoms. The lowest BCUT2D eigenvalue weighted by atomic mass is 10.0. The first-order valence-corrected chi connectivity index (χ1v) is 35.8. The number of unbranched alkanes of at least 4 members (excludes halogenated alkanes) is 41. The van der Waals surface area contributed by atoms with E-state index in [2.05, 4.69) is 59.9 Å². The summed E-state index contributed by atoms with van der Waals surface area (Å²) in [5.74, 6) is 0. The fraction of sp³-hybridized carbons (Fsp3) is 1.00. The van der Waals surface area contributed by atoms with E-state index in [1.165, 1.54) is 370 Å². The van der Waals surface area contributed by atoms with Crippen LogP contribution in [0.25, 0.3) is 0 Å². The maximum Gasteiger partial charge on any atom is 0.0786 e. The van der Waals surface area contributed by atoms with E-state index in [0.717, 1.165) is 12.8 Å². The molecule has 450 valence electrons. The third-order valence-corrected chi connectivity index (χ3v) is 17.0. The molecule has 0 fully saturated rings. The molecule has 0 radical (unpaired) electrons. The number of nitrogens with zero attached hydrogens (tertiary/aromatic N) is 2. The van der Waals surface area contributed by atoms with E-state index >= 15 is 0 Å². The van der Waals surface area contributed by atoms with Crippen LogP contribution in [0.1, 0.15) is 383 Å². The third-order valence-electron chi connectivity index (χ3n) is 16.6. The van der Waals surface area contributed by atoms with Crippen LogP contribution in [0.4, 0.5) is 0 Å². The van der Waals surface area contributed by atoms with E-state index in [9.17, 15) is 9.79 Å². The zero-order chi connectivity index (χ0) is 55.0. The van der Waals surface area contributed by atoms with Crippen molar-refractivity contribution < 1.29 is 23.3 Å². The lowest BCUT2D eigenvalue weighted by Gasteiger charge is -2.39. The number of hydrogen-bond acceptors (Lipinski definition) is 3. The van der Waals surface area contributed by atoms with Gasteiger partial charge in [0.1, 0.15) is 0 Å². The second-order valence-corrected chi connectivity index (χ2v) is 24.7. The van der Waals surface area contributed by atoms with Crippen molar-refractivity contribution in [3.05, 3.63) is 0 Å². The fourth-order valence-electron chi connectivity index (χ4n) is 11.4. The van der Waals surface area contributed by atoms with Crippen molar-refractivity contribution in [2.75, 3.05) is 59.0 Å². The molecule has 0 aliphatic rings. The first kappa shape index (κ1) is 78.5. The summed E-state index contributed by atoms with van der Waals surface area (Å²) in [7, 11) is -2.61. The smallest absolute Gasteiger partial charge is 0.0786 e. The molecule has 0 amide bonds. The minimum Gasteiger partial charge on any atom is -0.820 e. The monoisotopic (exact) mass is 1070 g/mol. The molecule has 0 heterocycles. The molecule has 5 nitrogen and oxygen atoms in total. The number of quaternary nitrogens is 2. The molecule has 0 aliphatic heterocycles. The largest absolute Gasteiger partial charge is 0.820 e. The molecule has 0 aromatic rings. The molecule has 0 bridgehead atoms. The van der Waals surface area contributed by atoms with Gasteiger partial charge < -0.3 is 23.3 Å². The second-order valence-electron chi connectivity index (χ2n) is 24.0. The van der Waals surface area contributed by atoms with E-state index in [1.54, 1.807) is 0 Å². The SMILES string of the molecule is CCCCCCCCCCCCCC[N+](CCCCCC)(CCCCCC)CCCCCC.CCCCCCCCCCCCCC[N+](CCCCCC)(CCCCCC)CCCCCC.CCCCOP([O-])[O-]. The first-order valence-electron chi connectivity index (χ1n) is 34.7. The van der Waals surface area contributed by atoms with Crippen LogP contribution in [0.3, 0.4) is 0 Å². The van der Waals surface area contributed by atoms with Crippen molar-refractivity contribution >= 4 is 8.60 Å². The Morgan fingerprint density at radius 3 is 0.486 bits per heavy atom. The molecule has 0 atom stereocenters. The summed E-state index contributed by atoms with van der Waals surface area (Å²) >= 11 is 0. The zero-order valence-corrected chi connectivity index (χ0v) is 54.2. The normalized spacial score (nSPS) is 11.8. The predicted molar refractivity (Wildman–Crippen MR) is 334 cm³/mol. The molecule has 0 saturated carbocycles. The van der Waals surface area contributed by atoms with E-state index in [1.807, 2.05) is 6.92 Å². The average Bonchev–Trinajstić information content (AvgIpc) is 3.40. The zero-order valence-electron chi connectivity index (χ0n) is 53.3. The van der Waals surface area contributed by atoms with Gasteiger partial charge in [0, 0.05) is 6.61 Å². The number of hydrogen-bond donors (Lipinski definition) is 0. The van der Waals surface area contributed by atoms with Crippen LogP contribution in [0.5, 0.6) is 0 Å². The lowest BCUT2D eigenvalue weighted by molar-refractivity contribution is -0.929. The van der Waals surface area contributed by atoms with Crippen molar-refractivity contribution in [2.24, 2.45) is 0 Å². The standard InChI is InChI=1S/2C32H68N.C4H9O3P/c2*1-5-9-13-17-18-19-20-21-22-23-24-28-32-33(29-25-14-10-6-2,30-26-15-11-7-3)31-27-16-12-8-4;1-2-3-4-7-8(5)6/h2*5-32H2,1-4H3;2-4H2,1H3/q2*+1;-2. The van der Waals surface area contributed by atoms with Crippen LogP contribution in [0.15, 0.2) is 0 Å². The minimum atomic E-state index is -2.61. The first-order chi connectivity index (χ1) is 36.3. The summed E-state index contributed by atoms with van der Waals surface area (Å²) in [5, 5.41) is 0. The highest BCUT2D eigenvalue weighted by molar-refractivity contribution is 7.36. The summed E-state index contributed by atoms with van der Waals surface area (Å²) in [4.78, 5) is 19.4. The Bertz CT molecular complexity index is 837. The van der Waals surface area contributed by atoms with Gasteiger partial charge in [-0.3, -0.25) is 0 Å². The van der Waals surface area contributed by atoms with Gasteiger partial charge in [-0.25, -0.2) is 0 Å². The molecule has 6 heteroatoms. The van der Waals surface area contributed by atoms with Gasteiger partial charge in [-0.1, -0.05) is 274 Å². The average molecular weight is 1070 g/mol. The Labute approximate surface area is 472 Å². The van der Waals surface area contributed by atoms with Crippen LogP contribution in [0.2, 0.25) is 0 Å². The maximum absolute atomic E-state index is 9.69. The van der Waals surface area contributed by atoms with Gasteiger partial charge in [0.15, 0.2) is 0 Å². The summed E-state index contributed by atoms with van der Waals surface area (Å²) in [6.45, 7) is 32.8. The molecule has 0 aromatic carbocycles. The minimum absolute atomic E-state index is 0.329. The summed E-state index contributed by atoms with van der Waals surface area (Å²) < 4.78 is 7.17. The van der Waals surface area contributed by atoms with Crippen molar-refractivity contribution in [3.63, 3.8) is 0 Å². The van der Waals surface area contributed by atoms with Crippen LogP contribution in [0, 0.1) is 0 Å². The Balaban J connectivity index is -0.00000118. The van der Waals surface area contributed by atoms with Gasteiger partial charge >= 0.3 is 0 Å². The Morgan fingerprint density at radius 1 is 0.203 bits per heavy atom. The van der Waals surface area contributed by atoms with E-state index < -0.39 is 8.60 Å². The van der Waals surface area contributed by atoms with Gasteiger partial charge in [-0.05, 0) is 109 Å². The van der Waals surface area contributed by atoms with Crippen LogP contribution in [-0.4, -0.2) is 67.9 Å². The molecule has 0 rings (SSSR count). The second kappa shape index (κ2) is 67.5. The highest BCUT2D eigenvalue weighted by atomic mass is 31.2. The Morgan fingerprint density at radius 2 is 0.338 bits per heavy atom. The fourth-order valence-corrected chi connectivity index (χ4v) is 11.7. The molecule has 0 aromatic heterocycles. The molecule has 0 spiro atoms. The summed E-state index contributed by atoms with van der Waals surface area (Å²) in [5.41, 5.74) is 0. The van der Waals surface area contributed by atoms with Gasteiger partial charge in [0.05, 0.1) is 52.4 Å². The maximum atomic E-state index is 9.69. The van der Waals surface area contributed by atoms with Gasteiger partial charge in [-0.2, -0.15) is 8.60 Å². The van der Waals surface area contributed by atoms with Gasteiger partial charge in [0.25, 0.3) is 0 Å². The number of rotatable bonds is 60. The lowest BCUT2D eigenvalue weighted by Crippen LogP contribution is -2.50. The quantitative estimate of drug-likeness (QED) is 0.0346. The molecule has 0 saturated heterocycles. The summed E-state index contributed by atoms with van der Waals surface area (Å²) in [6, 6.07) is 0. The van der Waals surface area contributed by atoms with Crippen molar-refractivity contribution in [2.45, 2.75) is 383 Å². The molecule has 0 unspecified atom stereocenters. The van der Waals surface area contributed by atoms with E-state index in [4.69, 9.17) is 0 Å². The van der Waals surface area contributed by atoms with Crippen molar-refractivity contribution in [3.8, 4) is 0 Å². The molecular weight excluding hydrogens is 924 g/mol. The van der Waals surface area contributed by atoms with Crippen molar-refractivity contribution in [1.82, 2.24) is 0 Å². The highest BCUT2D eigenvalue weighted by Gasteiger charge is 2.27. The molecular formula is C68H145N2O3P. The van der Waals surface area contributed by atoms with Gasteiger partial charge in [0.2, 0.25) is 0 Å². The van der Waals surface area contributed by atoms with Crippen LogP contribution < -0.4 is 9.79 Å². The predicted octanol–water partition coefficient (Wildman–Crippen LogP) is 22.2. The molecule has 0 N–H and O–H groups in total. The Kier molecular flexibility index (Phi) is 71.6. The third kappa shape index (κ3) is 61.4. The van der Waals surface area contributed by atoms with Crippen LogP contribution in [-0.2, 0) is 4.52 Å².